The molecule has 0 unspecified atom stereocenters. The Balaban J connectivity index is 1.14. The monoisotopic (exact) mass is 490 g/mol. The van der Waals surface area contributed by atoms with Gasteiger partial charge in [-0.1, -0.05) is 24.3 Å². The summed E-state index contributed by atoms with van der Waals surface area (Å²) in [4.78, 5) is 30.8. The molecule has 8 heteroatoms. The maximum Gasteiger partial charge on any atom is 0.258 e. The van der Waals surface area contributed by atoms with Gasteiger partial charge in [-0.15, -0.1) is 0 Å². The largest absolute Gasteiger partial charge is 0.472 e. The molecular formula is C29H26N6O2. The second-order valence-electron chi connectivity index (χ2n) is 9.10. The number of furan rings is 1. The van der Waals surface area contributed by atoms with Gasteiger partial charge in [0, 0.05) is 50.8 Å². The second kappa shape index (κ2) is 10.2. The third-order valence-electron chi connectivity index (χ3n) is 6.61. The molecule has 0 saturated carbocycles. The minimum atomic E-state index is -0.201. The molecule has 0 atom stereocenters. The van der Waals surface area contributed by atoms with E-state index in [1.165, 1.54) is 18.1 Å². The van der Waals surface area contributed by atoms with Gasteiger partial charge in [0.2, 0.25) is 0 Å². The number of pyridine rings is 1. The molecule has 5 aromatic rings. The summed E-state index contributed by atoms with van der Waals surface area (Å²) in [5.41, 5.74) is 6.27. The van der Waals surface area contributed by atoms with E-state index >= 15 is 0 Å². The first kappa shape index (κ1) is 22.9. The average molecular weight is 491 g/mol. The first-order chi connectivity index (χ1) is 18.2. The highest BCUT2D eigenvalue weighted by molar-refractivity contribution is 6.04. The Bertz CT molecular complexity index is 1500. The minimum absolute atomic E-state index is 0.201. The number of anilines is 2. The Morgan fingerprint density at radius 3 is 2.51 bits per heavy atom. The average Bonchev–Trinajstić information content (AvgIpc) is 3.49. The van der Waals surface area contributed by atoms with E-state index in [9.17, 15) is 4.79 Å². The van der Waals surface area contributed by atoms with Crippen LogP contribution in [0.1, 0.15) is 15.9 Å². The van der Waals surface area contributed by atoms with Crippen LogP contribution >= 0.6 is 0 Å². The molecule has 6 rings (SSSR count). The Morgan fingerprint density at radius 1 is 0.919 bits per heavy atom. The Hall–Kier alpha value is -4.56. The summed E-state index contributed by atoms with van der Waals surface area (Å²) in [5.74, 6) is 0.705. The van der Waals surface area contributed by atoms with Crippen LogP contribution in [0.4, 0.5) is 11.5 Å². The highest BCUT2D eigenvalue weighted by Crippen LogP contribution is 2.26. The highest BCUT2D eigenvalue weighted by Gasteiger charge is 2.19. The van der Waals surface area contributed by atoms with Gasteiger partial charge < -0.3 is 14.6 Å². The van der Waals surface area contributed by atoms with Crippen molar-refractivity contribution >= 4 is 28.4 Å². The van der Waals surface area contributed by atoms with Gasteiger partial charge in [-0.3, -0.25) is 19.7 Å². The molecule has 1 saturated heterocycles. The number of carbonyl (C=O) groups is 1. The van der Waals surface area contributed by atoms with Crippen LogP contribution in [0.25, 0.3) is 22.2 Å². The van der Waals surface area contributed by atoms with E-state index in [2.05, 4.69) is 37.2 Å². The van der Waals surface area contributed by atoms with Gasteiger partial charge >= 0.3 is 0 Å². The molecule has 1 N–H and O–H groups in total. The molecule has 37 heavy (non-hydrogen) atoms. The molecule has 0 spiro atoms. The number of benzene rings is 2. The smallest absolute Gasteiger partial charge is 0.258 e. The standard InChI is InChI=1S/C29H26N6O2/c36-29(24-9-15-37-20-24)32-25-6-3-22(4-7-25)23-5-8-26-27(16-23)33-28(18-31-26)35-13-11-34(12-14-35)19-21-2-1-10-30-17-21/h1-10,15-18,20H,11-14,19H2,(H,32,36). The third-order valence-corrected chi connectivity index (χ3v) is 6.61. The van der Waals surface area contributed by atoms with Gasteiger partial charge in [0.25, 0.3) is 5.91 Å². The second-order valence-corrected chi connectivity index (χ2v) is 9.10. The van der Waals surface area contributed by atoms with Crippen molar-refractivity contribution in [2.24, 2.45) is 0 Å². The number of amides is 1. The van der Waals surface area contributed by atoms with Crippen LogP contribution in [0.15, 0.2) is 96.2 Å². The molecule has 3 aromatic heterocycles. The number of hydrogen-bond donors (Lipinski definition) is 1. The molecule has 1 aliphatic rings. The first-order valence-corrected chi connectivity index (χ1v) is 12.3. The number of nitrogens with one attached hydrogen (secondary N) is 1. The fraction of sp³-hybridized carbons (Fsp3) is 0.172. The van der Waals surface area contributed by atoms with Crippen LogP contribution in [-0.4, -0.2) is 51.9 Å². The number of aromatic nitrogens is 3. The van der Waals surface area contributed by atoms with Crippen molar-refractivity contribution < 1.29 is 9.21 Å². The lowest BCUT2D eigenvalue weighted by Crippen LogP contribution is -2.46. The van der Waals surface area contributed by atoms with Gasteiger partial charge in [0.05, 0.1) is 29.1 Å². The van der Waals surface area contributed by atoms with E-state index in [1.807, 2.05) is 61.1 Å². The zero-order valence-corrected chi connectivity index (χ0v) is 20.2. The van der Waals surface area contributed by atoms with E-state index in [4.69, 9.17) is 9.40 Å². The molecule has 1 fully saturated rings. The Morgan fingerprint density at radius 2 is 1.76 bits per heavy atom. The maximum absolute atomic E-state index is 12.2. The predicted octanol–water partition coefficient (Wildman–Crippen LogP) is 4.86. The van der Waals surface area contributed by atoms with E-state index in [1.54, 1.807) is 6.07 Å². The first-order valence-electron chi connectivity index (χ1n) is 12.3. The zero-order valence-electron chi connectivity index (χ0n) is 20.2. The molecule has 8 nitrogen and oxygen atoms in total. The third kappa shape index (κ3) is 5.19. The van der Waals surface area contributed by atoms with E-state index in [0.717, 1.165) is 66.4 Å². The summed E-state index contributed by atoms with van der Waals surface area (Å²) >= 11 is 0. The van der Waals surface area contributed by atoms with Crippen molar-refractivity contribution in [3.63, 3.8) is 0 Å². The van der Waals surface area contributed by atoms with Gasteiger partial charge in [0.1, 0.15) is 12.1 Å². The SMILES string of the molecule is O=C(Nc1ccc(-c2ccc3ncc(N4CCN(Cc5cccnc5)CC4)nc3c2)cc1)c1ccoc1. The maximum atomic E-state index is 12.2. The van der Waals surface area contributed by atoms with Crippen LogP contribution in [0.3, 0.4) is 0 Å². The summed E-state index contributed by atoms with van der Waals surface area (Å²) < 4.78 is 4.98. The topological polar surface area (TPSA) is 87.4 Å². The quantitative estimate of drug-likeness (QED) is 0.364. The fourth-order valence-electron chi connectivity index (χ4n) is 4.56. The number of rotatable bonds is 6. The van der Waals surface area contributed by atoms with Crippen molar-refractivity contribution in [3.05, 3.63) is 103 Å². The van der Waals surface area contributed by atoms with Gasteiger partial charge in [-0.05, 0) is 53.1 Å². The van der Waals surface area contributed by atoms with Crippen LogP contribution in [0.2, 0.25) is 0 Å². The highest BCUT2D eigenvalue weighted by atomic mass is 16.3. The normalized spacial score (nSPS) is 14.1. The summed E-state index contributed by atoms with van der Waals surface area (Å²) in [6.45, 7) is 4.68. The van der Waals surface area contributed by atoms with Gasteiger partial charge in [-0.2, -0.15) is 0 Å². The van der Waals surface area contributed by atoms with Gasteiger partial charge in [0.15, 0.2) is 0 Å². The molecule has 0 aliphatic carbocycles. The van der Waals surface area contributed by atoms with Crippen LogP contribution < -0.4 is 10.2 Å². The minimum Gasteiger partial charge on any atom is -0.472 e. The molecule has 1 amide bonds. The number of carbonyl (C=O) groups excluding carboxylic acids is 1. The number of hydrogen-bond acceptors (Lipinski definition) is 7. The van der Waals surface area contributed by atoms with Crippen molar-refractivity contribution in [2.45, 2.75) is 6.54 Å². The van der Waals surface area contributed by atoms with Crippen molar-refractivity contribution in [3.8, 4) is 11.1 Å². The lowest BCUT2D eigenvalue weighted by Gasteiger charge is -2.35. The molecule has 0 bridgehead atoms. The lowest BCUT2D eigenvalue weighted by atomic mass is 10.0. The zero-order chi connectivity index (χ0) is 25.0. The molecule has 4 heterocycles. The molecule has 1 aliphatic heterocycles. The summed E-state index contributed by atoms with van der Waals surface area (Å²) in [5, 5.41) is 2.88. The molecular weight excluding hydrogens is 464 g/mol. The molecule has 184 valence electrons. The van der Waals surface area contributed by atoms with E-state index in [-0.39, 0.29) is 5.91 Å². The number of fused-ring (bicyclic) bond motifs is 1. The van der Waals surface area contributed by atoms with Crippen molar-refractivity contribution in [1.29, 1.82) is 0 Å². The van der Waals surface area contributed by atoms with Crippen molar-refractivity contribution in [1.82, 2.24) is 19.9 Å². The Labute approximate surface area is 214 Å². The predicted molar refractivity (Wildman–Crippen MR) is 143 cm³/mol. The number of piperazine rings is 1. The van der Waals surface area contributed by atoms with E-state index in [0.29, 0.717) is 5.56 Å². The number of nitrogens with zero attached hydrogens (tertiary/aromatic N) is 5. The summed E-state index contributed by atoms with van der Waals surface area (Å²) in [6.07, 6.45) is 8.52. The van der Waals surface area contributed by atoms with E-state index < -0.39 is 0 Å². The summed E-state index contributed by atoms with van der Waals surface area (Å²) in [7, 11) is 0. The van der Waals surface area contributed by atoms with Crippen LogP contribution in [-0.2, 0) is 6.54 Å². The van der Waals surface area contributed by atoms with Crippen molar-refractivity contribution in [2.75, 3.05) is 36.4 Å². The van der Waals surface area contributed by atoms with Crippen LogP contribution in [0, 0.1) is 0 Å². The molecule has 2 aromatic carbocycles. The fourth-order valence-corrected chi connectivity index (χ4v) is 4.56. The van der Waals surface area contributed by atoms with Crippen LogP contribution in [0.5, 0.6) is 0 Å². The van der Waals surface area contributed by atoms with Gasteiger partial charge in [-0.25, -0.2) is 4.98 Å². The Kier molecular flexibility index (Phi) is 6.31. The molecule has 0 radical (unpaired) electrons. The lowest BCUT2D eigenvalue weighted by molar-refractivity contribution is 0.102. The summed E-state index contributed by atoms with van der Waals surface area (Å²) in [6, 6.07) is 19.6.